The molecule has 2 aliphatic rings. The zero-order valence-corrected chi connectivity index (χ0v) is 42.2. The molecule has 3 heterocycles. The van der Waals surface area contributed by atoms with Crippen LogP contribution in [0.3, 0.4) is 0 Å². The van der Waals surface area contributed by atoms with Crippen molar-refractivity contribution in [1.29, 1.82) is 0 Å². The minimum Gasteiger partial charge on any atom is -0.490 e. The zero-order valence-electron chi connectivity index (χ0n) is 41.4. The molecule has 2 aromatic heterocycles. The summed E-state index contributed by atoms with van der Waals surface area (Å²) in [7, 11) is 1.06. The molecule has 1 saturated carbocycles. The van der Waals surface area contributed by atoms with Crippen molar-refractivity contribution in [3.8, 4) is 16.9 Å². The Labute approximate surface area is 409 Å². The summed E-state index contributed by atoms with van der Waals surface area (Å²) in [6, 6.07) is 9.42. The fourth-order valence-corrected chi connectivity index (χ4v) is 9.02. The summed E-state index contributed by atoms with van der Waals surface area (Å²) in [5, 5.41) is 11.5. The first-order chi connectivity index (χ1) is 33.2. The predicted octanol–water partition coefficient (Wildman–Crippen LogP) is 5.21. The monoisotopic (exact) mass is 988 g/mol. The van der Waals surface area contributed by atoms with Crippen molar-refractivity contribution < 1.29 is 46.7 Å². The highest BCUT2D eigenvalue weighted by molar-refractivity contribution is 7.92. The number of nitrogens with one attached hydrogen (secondary N) is 6. The minimum atomic E-state index is -3.87. The van der Waals surface area contributed by atoms with E-state index < -0.39 is 27.6 Å². The van der Waals surface area contributed by atoms with E-state index in [1.807, 2.05) is 46.9 Å². The van der Waals surface area contributed by atoms with E-state index in [2.05, 4.69) is 31.0 Å². The number of ether oxygens (including phenoxy) is 2. The van der Waals surface area contributed by atoms with Crippen LogP contribution >= 0.6 is 0 Å². The van der Waals surface area contributed by atoms with Gasteiger partial charge in [0.1, 0.15) is 23.2 Å². The fourth-order valence-electron chi connectivity index (χ4n) is 8.45. The van der Waals surface area contributed by atoms with Gasteiger partial charge in [-0.2, -0.15) is 0 Å². The average Bonchev–Trinajstić information content (AvgIpc) is 3.90. The fraction of sp³-hybridized carbons (Fsp3) is 0.500. The summed E-state index contributed by atoms with van der Waals surface area (Å²) < 4.78 is 40.9. The van der Waals surface area contributed by atoms with Gasteiger partial charge < -0.3 is 50.0 Å². The van der Waals surface area contributed by atoms with Gasteiger partial charge in [0.25, 0.3) is 17.4 Å². The van der Waals surface area contributed by atoms with Gasteiger partial charge in [-0.25, -0.2) is 13.2 Å². The first-order valence-electron chi connectivity index (χ1n) is 23.6. The number of aryl methyl sites for hydroxylation is 2. The van der Waals surface area contributed by atoms with Crippen LogP contribution in [0.15, 0.2) is 47.4 Å². The second-order valence-electron chi connectivity index (χ2n) is 18.9. The first-order valence-corrected chi connectivity index (χ1v) is 25.5. The predicted molar refractivity (Wildman–Crippen MR) is 268 cm³/mol. The van der Waals surface area contributed by atoms with E-state index in [1.54, 1.807) is 37.5 Å². The number of benzene rings is 2. The number of nitrogens with zero attached hydrogens (tertiary/aromatic N) is 2. The van der Waals surface area contributed by atoms with Gasteiger partial charge in [-0.05, 0) is 114 Å². The molecule has 0 radical (unpaired) electrons. The second kappa shape index (κ2) is 24.3. The molecule has 380 valence electrons. The molecule has 1 fully saturated rings. The van der Waals surface area contributed by atoms with Crippen molar-refractivity contribution in [3.05, 3.63) is 80.9 Å². The van der Waals surface area contributed by atoms with Crippen molar-refractivity contribution in [1.82, 2.24) is 35.7 Å². The number of hydrogen-bond donors (Lipinski definition) is 6. The topological polar surface area (TPSA) is 256 Å². The molecule has 2 aromatic carbocycles. The number of aromatic nitrogens is 2. The largest absolute Gasteiger partial charge is 0.490 e. The quantitative estimate of drug-likeness (QED) is 0.0493. The van der Waals surface area contributed by atoms with E-state index in [1.165, 1.54) is 16.5 Å². The van der Waals surface area contributed by atoms with Crippen molar-refractivity contribution in [2.45, 2.75) is 110 Å². The normalized spacial score (nSPS) is 14.7. The number of sulfonamides is 1. The lowest BCUT2D eigenvalue weighted by molar-refractivity contribution is -0.121. The van der Waals surface area contributed by atoms with Crippen LogP contribution in [0.5, 0.6) is 5.75 Å². The molecule has 6 N–H and O–H groups in total. The molecule has 1 aliphatic carbocycles. The zero-order chi connectivity index (χ0) is 51.3. The van der Waals surface area contributed by atoms with Crippen LogP contribution in [0.2, 0.25) is 0 Å². The van der Waals surface area contributed by atoms with Gasteiger partial charge in [-0.1, -0.05) is 25.5 Å². The third-order valence-electron chi connectivity index (χ3n) is 12.1. The SMILES string of the molecule is CNC(=O)CCC(C=O)N1Cc2c(CCC(C)CNC(=O)c3cc(OC4CCCCC4)c(-c4cn(C)c(=O)c5[nH]c(C=O)cc45)cc3NS(C)(=O)=O)cccc2C1=O.CNCCNC(=O)OC(C)(C)C. The molecule has 6 rings (SSSR count). The van der Waals surface area contributed by atoms with Gasteiger partial charge in [0.2, 0.25) is 15.9 Å². The molecule has 4 aromatic rings. The molecule has 20 heteroatoms. The van der Waals surface area contributed by atoms with Gasteiger partial charge >= 0.3 is 6.09 Å². The number of carbonyl (C=O) groups is 6. The van der Waals surface area contributed by atoms with Crippen LogP contribution in [0, 0.1) is 5.92 Å². The third kappa shape index (κ3) is 14.7. The molecule has 0 saturated heterocycles. The van der Waals surface area contributed by atoms with E-state index in [0.717, 1.165) is 56.0 Å². The number of pyridine rings is 1. The molecule has 4 amide bonds. The molecule has 0 spiro atoms. The highest BCUT2D eigenvalue weighted by atomic mass is 32.2. The van der Waals surface area contributed by atoms with Gasteiger partial charge in [0.05, 0.1) is 35.3 Å². The Morgan fingerprint density at radius 3 is 2.33 bits per heavy atom. The van der Waals surface area contributed by atoms with E-state index >= 15 is 0 Å². The third-order valence-corrected chi connectivity index (χ3v) is 12.7. The maximum atomic E-state index is 14.0. The first kappa shape index (κ1) is 54.4. The van der Waals surface area contributed by atoms with Gasteiger partial charge in [-0.3, -0.25) is 28.7 Å². The average molecular weight is 989 g/mol. The Morgan fingerprint density at radius 2 is 1.69 bits per heavy atom. The lowest BCUT2D eigenvalue weighted by Crippen LogP contribution is -2.37. The Morgan fingerprint density at radius 1 is 0.957 bits per heavy atom. The number of anilines is 1. The van der Waals surface area contributed by atoms with Crippen LogP contribution in [0.25, 0.3) is 22.0 Å². The minimum absolute atomic E-state index is 0.0184. The van der Waals surface area contributed by atoms with E-state index in [4.69, 9.17) is 9.47 Å². The van der Waals surface area contributed by atoms with Gasteiger partial charge in [0.15, 0.2) is 6.29 Å². The molecule has 19 nitrogen and oxygen atoms in total. The molecule has 0 bridgehead atoms. The van der Waals surface area contributed by atoms with Crippen LogP contribution in [-0.2, 0) is 44.4 Å². The number of aromatic amines is 1. The summed E-state index contributed by atoms with van der Waals surface area (Å²) in [5.41, 5.74) is 2.98. The van der Waals surface area contributed by atoms with Crippen molar-refractivity contribution in [2.24, 2.45) is 13.0 Å². The Hall–Kier alpha value is -6.54. The number of aldehydes is 2. The highest BCUT2D eigenvalue weighted by Gasteiger charge is 2.34. The van der Waals surface area contributed by atoms with Crippen molar-refractivity contribution >= 4 is 63.0 Å². The summed E-state index contributed by atoms with van der Waals surface area (Å²) in [5.74, 6) is -0.675. The number of rotatable bonds is 20. The van der Waals surface area contributed by atoms with Crippen LogP contribution in [0.1, 0.15) is 121 Å². The van der Waals surface area contributed by atoms with E-state index in [0.29, 0.717) is 59.8 Å². The molecular formula is C50H68N8O11S. The number of likely N-dealkylation sites (N-methyl/N-ethyl adjacent to an activating group) is 1. The van der Waals surface area contributed by atoms with Gasteiger partial charge in [0, 0.05) is 75.0 Å². The van der Waals surface area contributed by atoms with E-state index in [9.17, 15) is 42.0 Å². The Bertz CT molecular complexity index is 2720. The smallest absolute Gasteiger partial charge is 0.407 e. The number of alkyl carbamates (subject to hydrolysis) is 1. The Kier molecular flexibility index (Phi) is 18.9. The summed E-state index contributed by atoms with van der Waals surface area (Å²) in [6.07, 6.45) is 9.62. The number of carbonyl (C=O) groups excluding carboxylic acids is 6. The maximum Gasteiger partial charge on any atom is 0.407 e. The summed E-state index contributed by atoms with van der Waals surface area (Å²) in [6.45, 7) is 9.35. The summed E-state index contributed by atoms with van der Waals surface area (Å²) in [4.78, 5) is 91.2. The Balaban J connectivity index is 0.000000671. The maximum absolute atomic E-state index is 14.0. The molecular weight excluding hydrogens is 921 g/mol. The number of fused-ring (bicyclic) bond motifs is 2. The lowest BCUT2D eigenvalue weighted by Gasteiger charge is -2.26. The molecule has 2 unspecified atom stereocenters. The van der Waals surface area contributed by atoms with E-state index in [-0.39, 0.29) is 83.9 Å². The standard InChI is InChI=1S/C42H50N6O9S.C8H18N2O2/c1-25(13-14-26-9-8-12-30-34(26)22-48(41(30)53)28(24-50)15-16-38(51)43-2)20-44-40(52)33-19-37(57-29-10-6-5-7-11-29)31(18-36(33)46-58(4,55)56)35-21-47(3)42(54)39-32(35)17-27(23-49)45-39;1-8(2,3)12-7(11)10-6-5-9-4/h8-9,12,17-19,21,23-25,28-29,45-46H,5-7,10-11,13-16,20,22H2,1-4H3,(H,43,51)(H,44,52);9H,5-6H2,1-4H3,(H,10,11). The van der Waals surface area contributed by atoms with Crippen LogP contribution < -0.4 is 36.3 Å². The van der Waals surface area contributed by atoms with Gasteiger partial charge in [-0.15, -0.1) is 0 Å². The number of hydrogen-bond acceptors (Lipinski definition) is 12. The summed E-state index contributed by atoms with van der Waals surface area (Å²) >= 11 is 0. The molecule has 70 heavy (non-hydrogen) atoms. The van der Waals surface area contributed by atoms with Crippen molar-refractivity contribution in [3.63, 3.8) is 0 Å². The van der Waals surface area contributed by atoms with Crippen molar-refractivity contribution in [2.75, 3.05) is 44.7 Å². The van der Waals surface area contributed by atoms with Crippen LogP contribution in [0.4, 0.5) is 10.5 Å². The second-order valence-corrected chi connectivity index (χ2v) is 20.7. The molecule has 1 aliphatic heterocycles. The number of amides is 4. The molecule has 2 atom stereocenters. The lowest BCUT2D eigenvalue weighted by atomic mass is 9.95. The van der Waals surface area contributed by atoms with Crippen LogP contribution in [-0.4, -0.2) is 117 Å². The highest BCUT2D eigenvalue weighted by Crippen LogP contribution is 2.40. The number of H-pyrrole nitrogens is 1.